The predicted octanol–water partition coefficient (Wildman–Crippen LogP) is 2.06. The highest BCUT2D eigenvalue weighted by molar-refractivity contribution is 14.1. The molecule has 7 nitrogen and oxygen atoms in total. The summed E-state index contributed by atoms with van der Waals surface area (Å²) in [4.78, 5) is 37.4. The zero-order valence-corrected chi connectivity index (χ0v) is 22.5. The average Bonchev–Trinajstić information content (AvgIpc) is 2.80. The second-order valence-corrected chi connectivity index (χ2v) is 9.55. The molecule has 1 unspecified atom stereocenters. The number of halogens is 1. The highest BCUT2D eigenvalue weighted by Gasteiger charge is 2.20. The largest absolute Gasteiger partial charge is 0.484 e. The molecule has 1 aromatic heterocycles. The van der Waals surface area contributed by atoms with Crippen LogP contribution in [0.15, 0.2) is 57.9 Å². The van der Waals surface area contributed by atoms with Crippen molar-refractivity contribution in [1.29, 1.82) is 0 Å². The molecule has 0 aliphatic carbocycles. The molecule has 1 heterocycles. The van der Waals surface area contributed by atoms with E-state index in [4.69, 9.17) is 9.15 Å². The van der Waals surface area contributed by atoms with E-state index in [0.717, 1.165) is 21.9 Å². The minimum Gasteiger partial charge on any atom is -0.484 e. The number of nitrogens with zero attached hydrogens (tertiary/aromatic N) is 1. The van der Waals surface area contributed by atoms with Gasteiger partial charge in [-0.3, -0.25) is 17.5 Å². The molecule has 3 aromatic rings. The summed E-state index contributed by atoms with van der Waals surface area (Å²) in [6.45, 7) is 7.97. The molecule has 2 aromatic carbocycles. The number of aryl methyl sites for hydroxylation is 2. The Balaban J connectivity index is 1.54. The summed E-state index contributed by atoms with van der Waals surface area (Å²) < 4.78 is 12.5. The Labute approximate surface area is 215 Å². The SMILES string of the molecule is Bc1cc2c(=O)cc(C(=O)N(I)C(=C)CCNC(=O)COc3ccc(C)c(P)c3)oc2cc1C. The van der Waals surface area contributed by atoms with Crippen LogP contribution in [0.25, 0.3) is 11.0 Å². The van der Waals surface area contributed by atoms with E-state index in [-0.39, 0.29) is 30.2 Å². The van der Waals surface area contributed by atoms with Crippen LogP contribution in [0, 0.1) is 13.8 Å². The third kappa shape index (κ3) is 6.27. The van der Waals surface area contributed by atoms with E-state index in [0.29, 0.717) is 28.8 Å². The Kier molecular flexibility index (Phi) is 8.54. The summed E-state index contributed by atoms with van der Waals surface area (Å²) >= 11 is 1.81. The maximum atomic E-state index is 12.9. The van der Waals surface area contributed by atoms with Crippen molar-refractivity contribution in [2.75, 3.05) is 13.2 Å². The normalized spacial score (nSPS) is 10.7. The van der Waals surface area contributed by atoms with Gasteiger partial charge in [0.25, 0.3) is 5.91 Å². The fraction of sp³-hybridized carbons (Fsp3) is 0.208. The number of benzene rings is 2. The fourth-order valence-corrected chi connectivity index (χ4v) is 3.85. The zero-order chi connectivity index (χ0) is 25.0. The van der Waals surface area contributed by atoms with Crippen molar-refractivity contribution >= 4 is 73.5 Å². The number of hydrogen-bond donors (Lipinski definition) is 1. The summed E-state index contributed by atoms with van der Waals surface area (Å²) in [5.74, 6) is -0.233. The first kappa shape index (κ1) is 26.0. The first-order valence-corrected chi connectivity index (χ1v) is 12.1. The van der Waals surface area contributed by atoms with Gasteiger partial charge in [-0.05, 0) is 42.9 Å². The number of amides is 2. The molecule has 0 spiro atoms. The van der Waals surface area contributed by atoms with Crippen LogP contribution < -0.4 is 26.2 Å². The summed E-state index contributed by atoms with van der Waals surface area (Å²) in [5, 5.41) is 4.18. The fourth-order valence-electron chi connectivity index (χ4n) is 3.11. The number of fused-ring (bicyclic) bond motifs is 1. The molecule has 0 bridgehead atoms. The first-order chi connectivity index (χ1) is 16.1. The van der Waals surface area contributed by atoms with Crippen molar-refractivity contribution in [3.63, 3.8) is 0 Å². The maximum absolute atomic E-state index is 12.9. The first-order valence-electron chi connectivity index (χ1n) is 10.6. The van der Waals surface area contributed by atoms with Crippen LogP contribution in [-0.2, 0) is 4.79 Å². The Morgan fingerprint density at radius 2 is 1.94 bits per heavy atom. The second-order valence-electron chi connectivity index (χ2n) is 7.97. The van der Waals surface area contributed by atoms with Gasteiger partial charge in [0.05, 0.1) is 28.3 Å². The Morgan fingerprint density at radius 1 is 1.21 bits per heavy atom. The summed E-state index contributed by atoms with van der Waals surface area (Å²) in [7, 11) is 4.54. The Hall–Kier alpha value is -2.65. The summed E-state index contributed by atoms with van der Waals surface area (Å²) in [5.41, 5.74) is 3.60. The molecular formula is C24H25BIN2O5P. The average molecular weight is 590 g/mol. The van der Waals surface area contributed by atoms with E-state index in [1.807, 2.05) is 62.8 Å². The van der Waals surface area contributed by atoms with Crippen molar-refractivity contribution in [2.24, 2.45) is 0 Å². The van der Waals surface area contributed by atoms with Crippen LogP contribution in [0.4, 0.5) is 0 Å². The van der Waals surface area contributed by atoms with Crippen molar-refractivity contribution < 1.29 is 18.7 Å². The van der Waals surface area contributed by atoms with Crippen molar-refractivity contribution in [3.05, 3.63) is 75.8 Å². The standard InChI is InChI=1S/C24H25BIN2O5P/c1-13-4-5-16(9-22(13)34)32-12-23(30)27-7-6-15(3)28(26)24(31)21-11-19(29)17-10-18(25)14(2)8-20(17)33-21/h4-5,8-11H,3,6-7,12,25,34H2,1-2H3,(H,27,30). The molecule has 34 heavy (non-hydrogen) atoms. The van der Waals surface area contributed by atoms with Crippen molar-refractivity contribution in [1.82, 2.24) is 8.43 Å². The molecule has 1 atom stereocenters. The van der Waals surface area contributed by atoms with Gasteiger partial charge in [-0.2, -0.15) is 0 Å². The molecule has 0 radical (unpaired) electrons. The third-order valence-corrected chi connectivity index (χ3v) is 7.11. The molecule has 0 fully saturated rings. The maximum Gasteiger partial charge on any atom is 0.302 e. The van der Waals surface area contributed by atoms with Crippen LogP contribution >= 0.6 is 32.1 Å². The number of carbonyl (C=O) groups excluding carboxylic acids is 2. The van der Waals surface area contributed by atoms with Crippen LogP contribution in [-0.4, -0.2) is 35.9 Å². The van der Waals surface area contributed by atoms with Gasteiger partial charge in [0.2, 0.25) is 0 Å². The smallest absolute Gasteiger partial charge is 0.302 e. The van der Waals surface area contributed by atoms with Crippen LogP contribution in [0.2, 0.25) is 0 Å². The van der Waals surface area contributed by atoms with E-state index < -0.39 is 5.91 Å². The van der Waals surface area contributed by atoms with Gasteiger partial charge in [0, 0.05) is 24.7 Å². The van der Waals surface area contributed by atoms with E-state index in [9.17, 15) is 14.4 Å². The van der Waals surface area contributed by atoms with Crippen molar-refractivity contribution in [3.8, 4) is 5.75 Å². The van der Waals surface area contributed by atoms with E-state index in [2.05, 4.69) is 21.1 Å². The quantitative estimate of drug-likeness (QED) is 0.188. The lowest BCUT2D eigenvalue weighted by Crippen LogP contribution is -2.31. The van der Waals surface area contributed by atoms with Gasteiger partial charge in [0.15, 0.2) is 17.8 Å². The number of rotatable bonds is 8. The van der Waals surface area contributed by atoms with E-state index in [1.54, 1.807) is 12.1 Å². The number of ether oxygens (including phenoxy) is 1. The molecule has 10 heteroatoms. The molecule has 3 rings (SSSR count). The van der Waals surface area contributed by atoms with Gasteiger partial charge < -0.3 is 14.5 Å². The van der Waals surface area contributed by atoms with Gasteiger partial charge in [-0.15, -0.1) is 9.24 Å². The lowest BCUT2D eigenvalue weighted by Gasteiger charge is -2.17. The molecule has 176 valence electrons. The number of carbonyl (C=O) groups is 2. The highest BCUT2D eigenvalue weighted by atomic mass is 127. The molecule has 0 aliphatic heterocycles. The summed E-state index contributed by atoms with van der Waals surface area (Å²) in [6.07, 6.45) is 0.330. The molecular weight excluding hydrogens is 565 g/mol. The van der Waals surface area contributed by atoms with Crippen LogP contribution in [0.1, 0.15) is 28.1 Å². The molecule has 1 N–H and O–H groups in total. The van der Waals surface area contributed by atoms with E-state index >= 15 is 0 Å². The highest BCUT2D eigenvalue weighted by Crippen LogP contribution is 2.20. The predicted molar refractivity (Wildman–Crippen MR) is 148 cm³/mol. The van der Waals surface area contributed by atoms with Gasteiger partial charge in [-0.25, -0.2) is 0 Å². The zero-order valence-electron chi connectivity index (χ0n) is 19.2. The second kappa shape index (κ2) is 11.2. The van der Waals surface area contributed by atoms with Gasteiger partial charge >= 0.3 is 5.91 Å². The molecule has 0 aliphatic rings. The Bertz CT molecular complexity index is 1340. The minimum absolute atomic E-state index is 0.0692. The monoisotopic (exact) mass is 590 g/mol. The van der Waals surface area contributed by atoms with Crippen LogP contribution in [0.5, 0.6) is 5.75 Å². The lowest BCUT2D eigenvalue weighted by atomic mass is 9.90. The van der Waals surface area contributed by atoms with E-state index in [1.165, 1.54) is 9.18 Å². The summed E-state index contributed by atoms with van der Waals surface area (Å²) in [6, 6.07) is 10.3. The van der Waals surface area contributed by atoms with Gasteiger partial charge in [0.1, 0.15) is 19.2 Å². The number of nitrogens with one attached hydrogen (secondary N) is 1. The topological polar surface area (TPSA) is 88.9 Å². The van der Waals surface area contributed by atoms with Gasteiger partial charge in [-0.1, -0.05) is 29.7 Å². The molecule has 0 saturated carbocycles. The number of hydrogen-bond acceptors (Lipinski definition) is 5. The van der Waals surface area contributed by atoms with Crippen LogP contribution in [0.3, 0.4) is 0 Å². The Morgan fingerprint density at radius 3 is 2.65 bits per heavy atom. The molecule has 2 amide bonds. The lowest BCUT2D eigenvalue weighted by molar-refractivity contribution is -0.123. The third-order valence-electron chi connectivity index (χ3n) is 5.37. The van der Waals surface area contributed by atoms with Crippen molar-refractivity contribution in [2.45, 2.75) is 20.3 Å². The molecule has 0 saturated heterocycles. The minimum atomic E-state index is -0.495.